The Morgan fingerprint density at radius 3 is 2.94 bits per heavy atom. The second-order valence-corrected chi connectivity index (χ2v) is 5.94. The standard InChI is InChI=1S/C14H16N2OS/c1-9(2)8-18-14-10(7-15)6-11-12(16-14)4-3-5-13(11)17/h6,9H,3-5,8H2,1-2H3. The van der Waals surface area contributed by atoms with Crippen LogP contribution in [0.1, 0.15) is 48.3 Å². The van der Waals surface area contributed by atoms with Crippen molar-refractivity contribution in [2.24, 2.45) is 5.92 Å². The molecule has 1 aromatic rings. The number of thioether (sulfide) groups is 1. The van der Waals surface area contributed by atoms with Gasteiger partial charge in [0.1, 0.15) is 11.1 Å². The molecule has 0 bridgehead atoms. The van der Waals surface area contributed by atoms with E-state index in [2.05, 4.69) is 24.9 Å². The lowest BCUT2D eigenvalue weighted by Gasteiger charge is -2.15. The van der Waals surface area contributed by atoms with Gasteiger partial charge in [0.25, 0.3) is 0 Å². The van der Waals surface area contributed by atoms with Crippen LogP contribution < -0.4 is 0 Å². The number of hydrogen-bond acceptors (Lipinski definition) is 4. The van der Waals surface area contributed by atoms with Crippen LogP contribution in [0.15, 0.2) is 11.1 Å². The van der Waals surface area contributed by atoms with Crippen LogP contribution in [0, 0.1) is 17.2 Å². The normalized spacial score (nSPS) is 14.4. The summed E-state index contributed by atoms with van der Waals surface area (Å²) in [5, 5.41) is 9.93. The van der Waals surface area contributed by atoms with Crippen LogP contribution in [-0.4, -0.2) is 16.5 Å². The molecule has 0 unspecified atom stereocenters. The SMILES string of the molecule is CC(C)CSc1nc2c(cc1C#N)C(=O)CCC2. The lowest BCUT2D eigenvalue weighted by atomic mass is 9.94. The van der Waals surface area contributed by atoms with Gasteiger partial charge in [0.05, 0.1) is 11.3 Å². The van der Waals surface area contributed by atoms with Crippen molar-refractivity contribution in [2.45, 2.75) is 38.1 Å². The average molecular weight is 260 g/mol. The maximum absolute atomic E-state index is 11.8. The quantitative estimate of drug-likeness (QED) is 0.783. The van der Waals surface area contributed by atoms with Gasteiger partial charge < -0.3 is 0 Å². The van der Waals surface area contributed by atoms with Crippen molar-refractivity contribution in [3.05, 3.63) is 22.9 Å². The third-order valence-corrected chi connectivity index (χ3v) is 4.28. The van der Waals surface area contributed by atoms with E-state index in [1.807, 2.05) is 0 Å². The number of nitriles is 1. The van der Waals surface area contributed by atoms with Crippen LogP contribution >= 0.6 is 11.8 Å². The highest BCUT2D eigenvalue weighted by atomic mass is 32.2. The molecule has 0 atom stereocenters. The summed E-state index contributed by atoms with van der Waals surface area (Å²) in [7, 11) is 0. The summed E-state index contributed by atoms with van der Waals surface area (Å²) in [5.74, 6) is 1.62. The van der Waals surface area contributed by atoms with Crippen molar-refractivity contribution in [3.8, 4) is 6.07 Å². The van der Waals surface area contributed by atoms with Crippen LogP contribution in [0.2, 0.25) is 0 Å². The van der Waals surface area contributed by atoms with Gasteiger partial charge >= 0.3 is 0 Å². The maximum atomic E-state index is 11.8. The zero-order valence-corrected chi connectivity index (χ0v) is 11.5. The number of Topliss-reactive ketones (excluding diaryl/α,β-unsaturated/α-hetero) is 1. The number of rotatable bonds is 3. The van der Waals surface area contributed by atoms with Gasteiger partial charge in [-0.15, -0.1) is 11.8 Å². The number of aryl methyl sites for hydroxylation is 1. The summed E-state index contributed by atoms with van der Waals surface area (Å²) < 4.78 is 0. The molecular weight excluding hydrogens is 244 g/mol. The molecule has 0 amide bonds. The Morgan fingerprint density at radius 1 is 1.50 bits per heavy atom. The van der Waals surface area contributed by atoms with E-state index in [0.29, 0.717) is 23.5 Å². The minimum absolute atomic E-state index is 0.126. The van der Waals surface area contributed by atoms with Gasteiger partial charge in [-0.05, 0) is 24.8 Å². The van der Waals surface area contributed by atoms with Crippen molar-refractivity contribution in [1.82, 2.24) is 4.98 Å². The molecule has 94 valence electrons. The largest absolute Gasteiger partial charge is 0.294 e. The van der Waals surface area contributed by atoms with Gasteiger partial charge in [0, 0.05) is 17.7 Å². The Bertz CT molecular complexity index is 517. The highest BCUT2D eigenvalue weighted by Gasteiger charge is 2.21. The number of fused-ring (bicyclic) bond motifs is 1. The van der Waals surface area contributed by atoms with Gasteiger partial charge in [-0.3, -0.25) is 4.79 Å². The summed E-state index contributed by atoms with van der Waals surface area (Å²) in [4.78, 5) is 16.3. The summed E-state index contributed by atoms with van der Waals surface area (Å²) in [6.07, 6.45) is 2.30. The monoisotopic (exact) mass is 260 g/mol. The van der Waals surface area contributed by atoms with Crippen molar-refractivity contribution in [2.75, 3.05) is 5.75 Å². The molecule has 0 saturated heterocycles. The maximum Gasteiger partial charge on any atom is 0.164 e. The fourth-order valence-electron chi connectivity index (χ4n) is 1.95. The first-order chi connectivity index (χ1) is 8.61. The predicted octanol–water partition coefficient (Wildman–Crippen LogP) is 3.22. The molecule has 3 nitrogen and oxygen atoms in total. The zero-order valence-electron chi connectivity index (χ0n) is 10.7. The third-order valence-electron chi connectivity index (χ3n) is 2.86. The summed E-state index contributed by atoms with van der Waals surface area (Å²) >= 11 is 1.61. The predicted molar refractivity (Wildman–Crippen MR) is 71.8 cm³/mol. The molecule has 1 aliphatic rings. The van der Waals surface area contributed by atoms with Gasteiger partial charge in [-0.1, -0.05) is 13.8 Å². The molecule has 0 aromatic carbocycles. The van der Waals surface area contributed by atoms with Crippen LogP contribution in [-0.2, 0) is 6.42 Å². The first kappa shape index (κ1) is 13.1. The molecule has 18 heavy (non-hydrogen) atoms. The first-order valence-corrected chi connectivity index (χ1v) is 7.20. The number of aromatic nitrogens is 1. The fraction of sp³-hybridized carbons (Fsp3) is 0.500. The smallest absolute Gasteiger partial charge is 0.164 e. The topological polar surface area (TPSA) is 53.8 Å². The van der Waals surface area contributed by atoms with Gasteiger partial charge in [0.15, 0.2) is 5.78 Å². The highest BCUT2D eigenvalue weighted by molar-refractivity contribution is 7.99. The number of carbonyl (C=O) groups excluding carboxylic acids is 1. The Balaban J connectivity index is 2.36. The van der Waals surface area contributed by atoms with Crippen LogP contribution in [0.3, 0.4) is 0 Å². The van der Waals surface area contributed by atoms with E-state index in [9.17, 15) is 4.79 Å². The molecule has 0 fully saturated rings. The highest BCUT2D eigenvalue weighted by Crippen LogP contribution is 2.28. The molecule has 1 aromatic heterocycles. The van der Waals surface area contributed by atoms with Gasteiger partial charge in [-0.25, -0.2) is 4.98 Å². The molecule has 4 heteroatoms. The Morgan fingerprint density at radius 2 is 2.28 bits per heavy atom. The second kappa shape index (κ2) is 5.53. The van der Waals surface area contributed by atoms with E-state index in [1.165, 1.54) is 0 Å². The van der Waals surface area contributed by atoms with Crippen LogP contribution in [0.4, 0.5) is 0 Å². The van der Waals surface area contributed by atoms with Crippen molar-refractivity contribution >= 4 is 17.5 Å². The lowest BCUT2D eigenvalue weighted by molar-refractivity contribution is 0.0971. The number of nitrogens with zero attached hydrogens (tertiary/aromatic N) is 2. The number of hydrogen-bond donors (Lipinski definition) is 0. The Labute approximate surface area is 112 Å². The van der Waals surface area contributed by atoms with Crippen LogP contribution in [0.5, 0.6) is 0 Å². The molecule has 0 radical (unpaired) electrons. The molecule has 0 aliphatic heterocycles. The van der Waals surface area contributed by atoms with Crippen molar-refractivity contribution in [1.29, 1.82) is 5.26 Å². The second-order valence-electron chi connectivity index (χ2n) is 4.93. The molecule has 1 heterocycles. The van der Waals surface area contributed by atoms with E-state index in [1.54, 1.807) is 17.8 Å². The zero-order chi connectivity index (χ0) is 13.1. The summed E-state index contributed by atoms with van der Waals surface area (Å²) in [5.41, 5.74) is 2.07. The van der Waals surface area contributed by atoms with E-state index in [4.69, 9.17) is 5.26 Å². The van der Waals surface area contributed by atoms with E-state index in [-0.39, 0.29) is 5.78 Å². The molecule has 0 saturated carbocycles. The molecular formula is C14H16N2OS. The minimum Gasteiger partial charge on any atom is -0.294 e. The lowest BCUT2D eigenvalue weighted by Crippen LogP contribution is -2.14. The van der Waals surface area contributed by atoms with E-state index >= 15 is 0 Å². The summed E-state index contributed by atoms with van der Waals surface area (Å²) in [6, 6.07) is 3.88. The third kappa shape index (κ3) is 2.73. The van der Waals surface area contributed by atoms with Crippen LogP contribution in [0.25, 0.3) is 0 Å². The van der Waals surface area contributed by atoms with Gasteiger partial charge in [-0.2, -0.15) is 5.26 Å². The van der Waals surface area contributed by atoms with E-state index in [0.717, 1.165) is 29.3 Å². The molecule has 0 N–H and O–H groups in total. The van der Waals surface area contributed by atoms with Crippen molar-refractivity contribution in [3.63, 3.8) is 0 Å². The first-order valence-electron chi connectivity index (χ1n) is 6.22. The molecule has 0 spiro atoms. The van der Waals surface area contributed by atoms with E-state index < -0.39 is 0 Å². The van der Waals surface area contributed by atoms with Gasteiger partial charge in [0.2, 0.25) is 0 Å². The minimum atomic E-state index is 0.126. The molecule has 1 aliphatic carbocycles. The summed E-state index contributed by atoms with van der Waals surface area (Å²) in [6.45, 7) is 4.28. The Hall–Kier alpha value is -1.34. The number of pyridine rings is 1. The average Bonchev–Trinajstić information content (AvgIpc) is 2.35. The van der Waals surface area contributed by atoms with Crippen molar-refractivity contribution < 1.29 is 4.79 Å². The Kier molecular flexibility index (Phi) is 4.03. The molecule has 2 rings (SSSR count). The number of ketones is 1. The fourth-order valence-corrected chi connectivity index (χ4v) is 2.88. The number of carbonyl (C=O) groups is 1.